The Morgan fingerprint density at radius 2 is 1.67 bits per heavy atom. The monoisotopic (exact) mass is 414 g/mol. The summed E-state index contributed by atoms with van der Waals surface area (Å²) in [4.78, 5) is 27.6. The van der Waals surface area contributed by atoms with Crippen LogP contribution in [0, 0.1) is 5.82 Å². The molecule has 0 spiro atoms. The molecule has 1 atom stereocenters. The van der Waals surface area contributed by atoms with E-state index in [9.17, 15) is 14.0 Å². The molecule has 0 fully saturated rings. The number of carbonyl (C=O) groups excluding carboxylic acids is 2. The largest absolute Gasteiger partial charge is 0.497 e. The van der Waals surface area contributed by atoms with E-state index in [0.717, 1.165) is 24.2 Å². The van der Waals surface area contributed by atoms with Crippen molar-refractivity contribution in [3.05, 3.63) is 65.5 Å². The van der Waals surface area contributed by atoms with Crippen molar-refractivity contribution in [1.82, 2.24) is 10.2 Å². The van der Waals surface area contributed by atoms with Crippen LogP contribution < -0.4 is 10.1 Å². The van der Waals surface area contributed by atoms with Crippen LogP contribution in [0.3, 0.4) is 0 Å². The van der Waals surface area contributed by atoms with Gasteiger partial charge in [0.15, 0.2) is 0 Å². The molecule has 162 valence electrons. The number of amides is 2. The molecule has 2 aromatic rings. The summed E-state index contributed by atoms with van der Waals surface area (Å²) in [6.07, 6.45) is 2.48. The molecule has 0 saturated heterocycles. The number of halogens is 1. The van der Waals surface area contributed by atoms with Crippen molar-refractivity contribution < 1.29 is 18.7 Å². The van der Waals surface area contributed by atoms with Gasteiger partial charge in [0.05, 0.1) is 13.5 Å². The zero-order chi connectivity index (χ0) is 21.9. The molecular weight excluding hydrogens is 383 g/mol. The Morgan fingerprint density at radius 1 is 1.03 bits per heavy atom. The van der Waals surface area contributed by atoms with Crippen LogP contribution >= 0.6 is 0 Å². The van der Waals surface area contributed by atoms with Gasteiger partial charge in [0.2, 0.25) is 11.8 Å². The lowest BCUT2D eigenvalue weighted by molar-refractivity contribution is -0.140. The summed E-state index contributed by atoms with van der Waals surface area (Å²) < 4.78 is 18.4. The Kier molecular flexibility index (Phi) is 9.32. The van der Waals surface area contributed by atoms with Gasteiger partial charge in [0.25, 0.3) is 0 Å². The number of carbonyl (C=O) groups is 2. The van der Waals surface area contributed by atoms with E-state index >= 15 is 0 Å². The normalized spacial score (nSPS) is 11.6. The number of benzene rings is 2. The third kappa shape index (κ3) is 6.87. The maximum absolute atomic E-state index is 13.2. The first-order valence-electron chi connectivity index (χ1n) is 10.4. The second-order valence-corrected chi connectivity index (χ2v) is 7.24. The Hall–Kier alpha value is -2.89. The van der Waals surface area contributed by atoms with E-state index in [0.29, 0.717) is 25.1 Å². The summed E-state index contributed by atoms with van der Waals surface area (Å²) in [7, 11) is 1.60. The van der Waals surface area contributed by atoms with Gasteiger partial charge >= 0.3 is 0 Å². The summed E-state index contributed by atoms with van der Waals surface area (Å²) >= 11 is 0. The molecule has 0 bridgehead atoms. The highest BCUT2D eigenvalue weighted by molar-refractivity contribution is 5.88. The summed E-state index contributed by atoms with van der Waals surface area (Å²) in [5.74, 6) is 0.0668. The van der Waals surface area contributed by atoms with E-state index in [-0.39, 0.29) is 24.1 Å². The molecule has 0 aromatic heterocycles. The molecule has 2 amide bonds. The van der Waals surface area contributed by atoms with E-state index in [2.05, 4.69) is 12.2 Å². The Labute approximate surface area is 178 Å². The van der Waals surface area contributed by atoms with Gasteiger partial charge < -0.3 is 15.0 Å². The molecule has 0 heterocycles. The molecule has 5 nitrogen and oxygen atoms in total. The van der Waals surface area contributed by atoms with Gasteiger partial charge in [0.1, 0.15) is 17.6 Å². The Morgan fingerprint density at radius 3 is 2.23 bits per heavy atom. The van der Waals surface area contributed by atoms with Gasteiger partial charge in [-0.1, -0.05) is 44.5 Å². The molecule has 6 heteroatoms. The number of nitrogens with zero attached hydrogens (tertiary/aromatic N) is 1. The number of hydrogen-bond donors (Lipinski definition) is 1. The van der Waals surface area contributed by atoms with Crippen molar-refractivity contribution in [3.63, 3.8) is 0 Å². The first-order chi connectivity index (χ1) is 14.5. The maximum Gasteiger partial charge on any atom is 0.242 e. The predicted octanol–water partition coefficient (Wildman–Crippen LogP) is 4.10. The number of unbranched alkanes of at least 4 members (excludes halogenated alkanes) is 1. The van der Waals surface area contributed by atoms with E-state index in [1.165, 1.54) is 12.1 Å². The molecule has 0 radical (unpaired) electrons. The molecule has 2 aromatic carbocycles. The van der Waals surface area contributed by atoms with Crippen LogP contribution in [0.5, 0.6) is 5.75 Å². The molecular formula is C24H31FN2O3. The highest BCUT2D eigenvalue weighted by Crippen LogP contribution is 2.17. The van der Waals surface area contributed by atoms with Crippen molar-refractivity contribution in [2.24, 2.45) is 0 Å². The summed E-state index contributed by atoms with van der Waals surface area (Å²) in [6.45, 7) is 4.86. The van der Waals surface area contributed by atoms with Gasteiger partial charge in [-0.2, -0.15) is 0 Å². The van der Waals surface area contributed by atoms with Crippen LogP contribution in [-0.4, -0.2) is 36.4 Å². The predicted molar refractivity (Wildman–Crippen MR) is 116 cm³/mol. The highest BCUT2D eigenvalue weighted by atomic mass is 19.1. The summed E-state index contributed by atoms with van der Waals surface area (Å²) in [5, 5.41) is 2.94. The quantitative estimate of drug-likeness (QED) is 0.563. The van der Waals surface area contributed by atoms with Crippen LogP contribution in [0.4, 0.5) is 4.39 Å². The standard InChI is InChI=1S/C24H31FN2O3/c1-4-6-15-26-24(29)22(5-2)27(17-19-9-13-21(30-3)14-10-19)23(28)16-18-7-11-20(25)12-8-18/h7-14,22H,4-6,15-17H2,1-3H3,(H,26,29). The minimum absolute atomic E-state index is 0.106. The zero-order valence-electron chi connectivity index (χ0n) is 18.0. The van der Waals surface area contributed by atoms with Gasteiger partial charge in [0, 0.05) is 13.1 Å². The Bertz CT molecular complexity index is 806. The Balaban J connectivity index is 2.22. The lowest BCUT2D eigenvalue weighted by Crippen LogP contribution is -2.49. The minimum Gasteiger partial charge on any atom is -0.497 e. The second kappa shape index (κ2) is 12.0. The molecule has 1 unspecified atom stereocenters. The fraction of sp³-hybridized carbons (Fsp3) is 0.417. The number of hydrogen-bond acceptors (Lipinski definition) is 3. The smallest absolute Gasteiger partial charge is 0.242 e. The lowest BCUT2D eigenvalue weighted by Gasteiger charge is -2.31. The average molecular weight is 415 g/mol. The first kappa shape index (κ1) is 23.4. The van der Waals surface area contributed by atoms with Gasteiger partial charge in [-0.25, -0.2) is 4.39 Å². The molecule has 1 N–H and O–H groups in total. The van der Waals surface area contributed by atoms with Crippen molar-refractivity contribution >= 4 is 11.8 Å². The fourth-order valence-corrected chi connectivity index (χ4v) is 3.23. The molecule has 0 aliphatic carbocycles. The number of methoxy groups -OCH3 is 1. The van der Waals surface area contributed by atoms with Gasteiger partial charge in [-0.05, 0) is 48.2 Å². The van der Waals surface area contributed by atoms with Crippen LogP contribution in [0.25, 0.3) is 0 Å². The van der Waals surface area contributed by atoms with E-state index in [4.69, 9.17) is 4.74 Å². The van der Waals surface area contributed by atoms with E-state index in [1.54, 1.807) is 24.1 Å². The van der Waals surface area contributed by atoms with Crippen LogP contribution in [0.15, 0.2) is 48.5 Å². The van der Waals surface area contributed by atoms with Crippen LogP contribution in [0.1, 0.15) is 44.2 Å². The lowest BCUT2D eigenvalue weighted by atomic mass is 10.1. The van der Waals surface area contributed by atoms with E-state index < -0.39 is 6.04 Å². The molecule has 2 rings (SSSR count). The van der Waals surface area contributed by atoms with Crippen molar-refractivity contribution in [3.8, 4) is 5.75 Å². The number of ether oxygens (including phenoxy) is 1. The van der Waals surface area contributed by atoms with E-state index in [1.807, 2.05) is 31.2 Å². The SMILES string of the molecule is CCCCNC(=O)C(CC)N(Cc1ccc(OC)cc1)C(=O)Cc1ccc(F)cc1. The number of nitrogens with one attached hydrogen (secondary N) is 1. The van der Waals surface area contributed by atoms with Gasteiger partial charge in [-0.3, -0.25) is 9.59 Å². The first-order valence-corrected chi connectivity index (χ1v) is 10.4. The average Bonchev–Trinajstić information content (AvgIpc) is 2.75. The minimum atomic E-state index is -0.572. The van der Waals surface area contributed by atoms with Crippen molar-refractivity contribution in [2.75, 3.05) is 13.7 Å². The summed E-state index contributed by atoms with van der Waals surface area (Å²) in [5.41, 5.74) is 1.62. The number of rotatable bonds is 11. The van der Waals surface area contributed by atoms with Crippen molar-refractivity contribution in [1.29, 1.82) is 0 Å². The third-order valence-electron chi connectivity index (χ3n) is 5.00. The van der Waals surface area contributed by atoms with Crippen molar-refractivity contribution in [2.45, 2.75) is 52.1 Å². The molecule has 0 aliphatic heterocycles. The molecule has 0 aliphatic rings. The van der Waals surface area contributed by atoms with Crippen LogP contribution in [-0.2, 0) is 22.6 Å². The second-order valence-electron chi connectivity index (χ2n) is 7.24. The fourth-order valence-electron chi connectivity index (χ4n) is 3.23. The highest BCUT2D eigenvalue weighted by Gasteiger charge is 2.28. The zero-order valence-corrected chi connectivity index (χ0v) is 18.0. The van der Waals surface area contributed by atoms with Gasteiger partial charge in [-0.15, -0.1) is 0 Å². The van der Waals surface area contributed by atoms with Crippen LogP contribution in [0.2, 0.25) is 0 Å². The topological polar surface area (TPSA) is 58.6 Å². The summed E-state index contributed by atoms with van der Waals surface area (Å²) in [6, 6.07) is 12.7. The molecule has 30 heavy (non-hydrogen) atoms. The third-order valence-corrected chi connectivity index (χ3v) is 5.00. The molecule has 0 saturated carbocycles. The maximum atomic E-state index is 13.2.